The van der Waals surface area contributed by atoms with E-state index in [2.05, 4.69) is 10.6 Å². The van der Waals surface area contributed by atoms with Gasteiger partial charge in [-0.15, -0.1) is 0 Å². The molecule has 1 aliphatic rings. The molecule has 0 saturated carbocycles. The summed E-state index contributed by atoms with van der Waals surface area (Å²) in [6, 6.07) is 9.41. The monoisotopic (exact) mass is 369 g/mol. The Morgan fingerprint density at radius 2 is 1.78 bits per heavy atom. The average Bonchev–Trinajstić information content (AvgIpc) is 2.95. The molecule has 3 rings (SSSR count). The fourth-order valence-corrected chi connectivity index (χ4v) is 2.92. The van der Waals surface area contributed by atoms with Gasteiger partial charge in [-0.05, 0) is 31.2 Å². The van der Waals surface area contributed by atoms with Crippen molar-refractivity contribution >= 4 is 28.5 Å². The number of benzene rings is 2. The molecule has 1 unspecified atom stereocenters. The summed E-state index contributed by atoms with van der Waals surface area (Å²) in [6.07, 6.45) is 1.80. The maximum absolute atomic E-state index is 12.4. The summed E-state index contributed by atoms with van der Waals surface area (Å²) in [4.78, 5) is 22.7. The van der Waals surface area contributed by atoms with Gasteiger partial charge in [0.1, 0.15) is 0 Å². The molecule has 0 fully saturated rings. The second-order valence-corrected chi connectivity index (χ2v) is 6.02. The number of amides is 1. The van der Waals surface area contributed by atoms with E-state index in [-0.39, 0.29) is 17.6 Å². The van der Waals surface area contributed by atoms with E-state index >= 15 is 0 Å². The maximum atomic E-state index is 12.4. The first kappa shape index (κ1) is 18.2. The molecule has 1 atom stereocenters. The van der Waals surface area contributed by atoms with Gasteiger partial charge in [0.2, 0.25) is 0 Å². The summed E-state index contributed by atoms with van der Waals surface area (Å²) in [6.45, 7) is 1.89. The summed E-state index contributed by atoms with van der Waals surface area (Å²) in [5.74, 6) is 0.863. The molecule has 2 N–H and O–H groups in total. The van der Waals surface area contributed by atoms with Crippen LogP contribution in [0.25, 0.3) is 5.57 Å². The van der Waals surface area contributed by atoms with Gasteiger partial charge < -0.3 is 20.1 Å². The van der Waals surface area contributed by atoms with Gasteiger partial charge in [0, 0.05) is 41.1 Å². The largest absolute Gasteiger partial charge is 0.493 e. The third-order valence-electron chi connectivity index (χ3n) is 4.20. The second-order valence-electron chi connectivity index (χ2n) is 6.02. The molecule has 8 heteroatoms. The van der Waals surface area contributed by atoms with Gasteiger partial charge >= 0.3 is 0 Å². The lowest BCUT2D eigenvalue weighted by Gasteiger charge is -2.13. The Kier molecular flexibility index (Phi) is 4.98. The molecule has 1 heterocycles. The molecule has 0 bridgehead atoms. The fraction of sp³-hybridized carbons (Fsp3) is 0.211. The normalized spacial score (nSPS) is 15.1. The van der Waals surface area contributed by atoms with Crippen molar-refractivity contribution in [3.05, 3.63) is 58.2 Å². The molecule has 27 heavy (non-hydrogen) atoms. The van der Waals surface area contributed by atoms with Crippen LogP contribution < -0.4 is 20.1 Å². The molecule has 2 aromatic carbocycles. The first-order valence-electron chi connectivity index (χ1n) is 8.23. The van der Waals surface area contributed by atoms with E-state index in [0.29, 0.717) is 22.8 Å². The van der Waals surface area contributed by atoms with Crippen molar-refractivity contribution in [3.63, 3.8) is 0 Å². The number of fused-ring (bicyclic) bond motifs is 1. The summed E-state index contributed by atoms with van der Waals surface area (Å²) >= 11 is 0. The second kappa shape index (κ2) is 7.36. The molecule has 0 saturated heterocycles. The summed E-state index contributed by atoms with van der Waals surface area (Å²) in [5, 5.41) is 16.7. The first-order chi connectivity index (χ1) is 12.9. The number of carbonyl (C=O) groups excluding carboxylic acids is 1. The number of nitrogens with zero attached hydrogens (tertiary/aromatic N) is 1. The molecular weight excluding hydrogens is 350 g/mol. The summed E-state index contributed by atoms with van der Waals surface area (Å²) in [5.41, 5.74) is 2.65. The number of rotatable bonds is 6. The van der Waals surface area contributed by atoms with Crippen LogP contribution in [-0.2, 0) is 4.79 Å². The van der Waals surface area contributed by atoms with E-state index in [1.54, 1.807) is 30.3 Å². The van der Waals surface area contributed by atoms with Crippen molar-refractivity contribution in [2.45, 2.75) is 13.0 Å². The van der Waals surface area contributed by atoms with Crippen molar-refractivity contribution in [2.24, 2.45) is 0 Å². The Balaban J connectivity index is 1.84. The molecule has 0 radical (unpaired) electrons. The fourth-order valence-electron chi connectivity index (χ4n) is 2.92. The van der Waals surface area contributed by atoms with Crippen molar-refractivity contribution in [2.75, 3.05) is 24.9 Å². The number of ether oxygens (including phenoxy) is 2. The zero-order valence-corrected chi connectivity index (χ0v) is 15.1. The molecule has 0 spiro atoms. The molecule has 1 aliphatic heterocycles. The first-order valence-corrected chi connectivity index (χ1v) is 8.23. The Labute approximate surface area is 155 Å². The van der Waals surface area contributed by atoms with Crippen LogP contribution in [0.1, 0.15) is 12.5 Å². The number of nitro groups is 1. The van der Waals surface area contributed by atoms with E-state index < -0.39 is 4.92 Å². The van der Waals surface area contributed by atoms with Crippen LogP contribution in [0.15, 0.2) is 42.5 Å². The van der Waals surface area contributed by atoms with E-state index in [1.165, 1.54) is 26.4 Å². The molecule has 140 valence electrons. The predicted molar refractivity (Wildman–Crippen MR) is 102 cm³/mol. The number of non-ortho nitro benzene ring substituents is 1. The number of anilines is 2. The Hall–Kier alpha value is -3.55. The maximum Gasteiger partial charge on any atom is 0.269 e. The Morgan fingerprint density at radius 3 is 2.37 bits per heavy atom. The molecule has 0 aromatic heterocycles. The van der Waals surface area contributed by atoms with Crippen LogP contribution in [0.3, 0.4) is 0 Å². The number of nitrogens with one attached hydrogen (secondary N) is 2. The molecular formula is C19H19N3O5. The highest BCUT2D eigenvalue weighted by Gasteiger charge is 2.27. The number of hydrogen-bond donors (Lipinski definition) is 2. The van der Waals surface area contributed by atoms with Gasteiger partial charge in [-0.2, -0.15) is 0 Å². The van der Waals surface area contributed by atoms with Crippen molar-refractivity contribution < 1.29 is 19.2 Å². The predicted octanol–water partition coefficient (Wildman–Crippen LogP) is 3.45. The SMILES string of the molecule is COc1cc2c(cc1OC)C(=CC(C)Nc1ccc([N+](=O)[O-])cc1)C(=O)N2. The zero-order valence-electron chi connectivity index (χ0n) is 15.1. The molecule has 2 aromatic rings. The number of methoxy groups -OCH3 is 2. The highest BCUT2D eigenvalue weighted by Crippen LogP contribution is 2.40. The number of nitro benzene ring substituents is 1. The molecule has 1 amide bonds. The van der Waals surface area contributed by atoms with E-state index in [4.69, 9.17) is 9.47 Å². The Bertz CT molecular complexity index is 922. The third kappa shape index (κ3) is 3.69. The molecule has 8 nitrogen and oxygen atoms in total. The smallest absolute Gasteiger partial charge is 0.269 e. The van der Waals surface area contributed by atoms with Crippen molar-refractivity contribution in [1.29, 1.82) is 0 Å². The summed E-state index contributed by atoms with van der Waals surface area (Å²) < 4.78 is 10.6. The van der Waals surface area contributed by atoms with Gasteiger partial charge in [-0.1, -0.05) is 0 Å². The quantitative estimate of drug-likeness (QED) is 0.459. The number of carbonyl (C=O) groups is 1. The minimum absolute atomic E-state index is 0.0247. The highest BCUT2D eigenvalue weighted by atomic mass is 16.6. The molecule has 0 aliphatic carbocycles. The van der Waals surface area contributed by atoms with Crippen molar-refractivity contribution in [1.82, 2.24) is 0 Å². The van der Waals surface area contributed by atoms with Gasteiger partial charge in [-0.25, -0.2) is 0 Å². The Morgan fingerprint density at radius 1 is 1.15 bits per heavy atom. The van der Waals surface area contributed by atoms with Gasteiger partial charge in [-0.3, -0.25) is 14.9 Å². The van der Waals surface area contributed by atoms with Crippen LogP contribution >= 0.6 is 0 Å². The zero-order chi connectivity index (χ0) is 19.6. The minimum Gasteiger partial charge on any atom is -0.493 e. The minimum atomic E-state index is -0.448. The lowest BCUT2D eigenvalue weighted by Crippen LogP contribution is -2.14. The van der Waals surface area contributed by atoms with E-state index in [0.717, 1.165) is 11.3 Å². The third-order valence-corrected chi connectivity index (χ3v) is 4.20. The lowest BCUT2D eigenvalue weighted by molar-refractivity contribution is -0.384. The topological polar surface area (TPSA) is 103 Å². The van der Waals surface area contributed by atoms with Crippen LogP contribution in [-0.4, -0.2) is 31.1 Å². The summed E-state index contributed by atoms with van der Waals surface area (Å²) in [7, 11) is 3.07. The number of hydrogen-bond acceptors (Lipinski definition) is 6. The van der Waals surface area contributed by atoms with Gasteiger partial charge in [0.15, 0.2) is 11.5 Å². The average molecular weight is 369 g/mol. The van der Waals surface area contributed by atoms with E-state index in [1.807, 2.05) is 6.92 Å². The lowest BCUT2D eigenvalue weighted by atomic mass is 10.0. The van der Waals surface area contributed by atoms with Crippen LogP contribution in [0.5, 0.6) is 11.5 Å². The standard InChI is InChI=1S/C19H19N3O5/c1-11(20-12-4-6-13(7-5-12)22(24)25)8-15-14-9-17(26-2)18(27-3)10-16(14)21-19(15)23/h4-11,20H,1-3H3,(H,21,23). The highest BCUT2D eigenvalue weighted by molar-refractivity contribution is 6.31. The van der Waals surface area contributed by atoms with Crippen LogP contribution in [0.2, 0.25) is 0 Å². The van der Waals surface area contributed by atoms with E-state index in [9.17, 15) is 14.9 Å². The van der Waals surface area contributed by atoms with Crippen LogP contribution in [0, 0.1) is 10.1 Å². The van der Waals surface area contributed by atoms with Crippen molar-refractivity contribution in [3.8, 4) is 11.5 Å². The van der Waals surface area contributed by atoms with Crippen LogP contribution in [0.4, 0.5) is 17.1 Å². The van der Waals surface area contributed by atoms with Gasteiger partial charge in [0.25, 0.3) is 11.6 Å². The van der Waals surface area contributed by atoms with Gasteiger partial charge in [0.05, 0.1) is 24.8 Å².